The monoisotopic (exact) mass is 289 g/mol. The van der Waals surface area contributed by atoms with Gasteiger partial charge in [0.1, 0.15) is 18.1 Å². The number of pyridine rings is 1. The highest BCUT2D eigenvalue weighted by molar-refractivity contribution is 9.10. The van der Waals surface area contributed by atoms with Crippen LogP contribution in [-0.4, -0.2) is 21.6 Å². The third-order valence-electron chi connectivity index (χ3n) is 2.11. The van der Waals surface area contributed by atoms with E-state index < -0.39 is 0 Å². The van der Waals surface area contributed by atoms with Gasteiger partial charge in [0.25, 0.3) is 0 Å². The van der Waals surface area contributed by atoms with Crippen molar-refractivity contribution >= 4 is 38.7 Å². The second kappa shape index (κ2) is 4.08. The van der Waals surface area contributed by atoms with Crippen LogP contribution in [0.3, 0.4) is 0 Å². The van der Waals surface area contributed by atoms with Gasteiger partial charge in [-0.2, -0.15) is 0 Å². The molecule has 0 spiro atoms. The molecule has 15 heavy (non-hydrogen) atoms. The lowest BCUT2D eigenvalue weighted by Crippen LogP contribution is -2.02. The van der Waals surface area contributed by atoms with E-state index in [0.717, 1.165) is 15.9 Å². The number of halogens is 2. The molecule has 0 aliphatic heterocycles. The van der Waals surface area contributed by atoms with Gasteiger partial charge < -0.3 is 4.74 Å². The van der Waals surface area contributed by atoms with Crippen LogP contribution in [-0.2, 0) is 11.5 Å². The maximum absolute atomic E-state index is 6.11. The molecule has 2 aromatic heterocycles. The summed E-state index contributed by atoms with van der Waals surface area (Å²) in [5, 5.41) is 0.581. The van der Waals surface area contributed by atoms with Gasteiger partial charge in [-0.15, -0.1) is 0 Å². The van der Waals surface area contributed by atoms with Gasteiger partial charge in [0.2, 0.25) is 0 Å². The third kappa shape index (κ3) is 1.75. The van der Waals surface area contributed by atoms with E-state index >= 15 is 0 Å². The van der Waals surface area contributed by atoms with E-state index in [4.69, 9.17) is 16.3 Å². The van der Waals surface area contributed by atoms with Crippen LogP contribution < -0.4 is 0 Å². The molecule has 2 aromatic rings. The van der Waals surface area contributed by atoms with Crippen molar-refractivity contribution in [3.05, 3.63) is 21.5 Å². The molecule has 80 valence electrons. The van der Waals surface area contributed by atoms with E-state index in [1.54, 1.807) is 13.3 Å². The molecule has 2 heterocycles. The summed E-state index contributed by atoms with van der Waals surface area (Å²) in [5.74, 6) is 0.833. The molecule has 0 saturated carbocycles. The van der Waals surface area contributed by atoms with E-state index in [-0.39, 0.29) is 0 Å². The van der Waals surface area contributed by atoms with Crippen LogP contribution in [0.2, 0.25) is 5.02 Å². The molecule has 2 rings (SSSR count). The summed E-state index contributed by atoms with van der Waals surface area (Å²) in [6.45, 7) is 2.32. The van der Waals surface area contributed by atoms with Gasteiger partial charge in [0.05, 0.1) is 9.50 Å². The van der Waals surface area contributed by atoms with Gasteiger partial charge in [-0.05, 0) is 22.9 Å². The summed E-state index contributed by atoms with van der Waals surface area (Å²) < 4.78 is 7.69. The van der Waals surface area contributed by atoms with Crippen LogP contribution in [0.25, 0.3) is 11.2 Å². The number of hydrogen-bond acceptors (Lipinski definition) is 3. The number of hydrogen-bond donors (Lipinski definition) is 0. The van der Waals surface area contributed by atoms with E-state index in [1.807, 2.05) is 11.5 Å². The third-order valence-corrected chi connectivity index (χ3v) is 3.32. The van der Waals surface area contributed by atoms with Crippen LogP contribution >= 0.6 is 27.5 Å². The Bertz CT molecular complexity index is 512. The van der Waals surface area contributed by atoms with E-state index in [2.05, 4.69) is 25.9 Å². The quantitative estimate of drug-likeness (QED) is 0.854. The number of methoxy groups -OCH3 is 1. The molecule has 6 heteroatoms. The lowest BCUT2D eigenvalue weighted by Gasteiger charge is -2.03. The Balaban J connectivity index is 2.73. The maximum atomic E-state index is 6.11. The Hall–Kier alpha value is -0.650. The van der Waals surface area contributed by atoms with Gasteiger partial charge in [0.15, 0.2) is 5.65 Å². The zero-order valence-corrected chi connectivity index (χ0v) is 10.6. The summed E-state index contributed by atoms with van der Waals surface area (Å²) in [6, 6.07) is 0. The topological polar surface area (TPSA) is 39.9 Å². The lowest BCUT2D eigenvalue weighted by atomic mass is 10.4. The molecule has 0 amide bonds. The zero-order valence-electron chi connectivity index (χ0n) is 8.29. The van der Waals surface area contributed by atoms with Crippen molar-refractivity contribution in [3.63, 3.8) is 0 Å². The van der Waals surface area contributed by atoms with Crippen LogP contribution in [0.15, 0.2) is 10.7 Å². The summed E-state index contributed by atoms with van der Waals surface area (Å²) in [5.41, 5.74) is 1.43. The summed E-state index contributed by atoms with van der Waals surface area (Å²) in [6.07, 6.45) is 1.66. The molecule has 4 nitrogen and oxygen atoms in total. The Morgan fingerprint density at radius 3 is 3.00 bits per heavy atom. The summed E-state index contributed by atoms with van der Waals surface area (Å²) in [4.78, 5) is 8.62. The second-order valence-corrected chi connectivity index (χ2v) is 4.33. The van der Waals surface area contributed by atoms with Gasteiger partial charge >= 0.3 is 0 Å². The van der Waals surface area contributed by atoms with Crippen molar-refractivity contribution in [1.82, 2.24) is 14.5 Å². The van der Waals surface area contributed by atoms with E-state index in [0.29, 0.717) is 17.3 Å². The molecule has 0 bridgehead atoms. The van der Waals surface area contributed by atoms with Crippen LogP contribution in [0.5, 0.6) is 0 Å². The highest BCUT2D eigenvalue weighted by Crippen LogP contribution is 2.29. The highest BCUT2D eigenvalue weighted by Gasteiger charge is 2.13. The Morgan fingerprint density at radius 1 is 1.60 bits per heavy atom. The average molecular weight is 291 g/mol. The summed E-state index contributed by atoms with van der Waals surface area (Å²) in [7, 11) is 1.63. The van der Waals surface area contributed by atoms with Gasteiger partial charge in [-0.25, -0.2) is 9.97 Å². The molecule has 0 fully saturated rings. The second-order valence-electron chi connectivity index (χ2n) is 3.10. The average Bonchev–Trinajstić information content (AvgIpc) is 2.52. The molecule has 0 aliphatic carbocycles. The van der Waals surface area contributed by atoms with Gasteiger partial charge in [-0.3, -0.25) is 4.57 Å². The first-order valence-electron chi connectivity index (χ1n) is 4.31. The SMILES string of the molecule is COCn1c(C)nc2c(Cl)c(Br)cnc21. The first-order valence-corrected chi connectivity index (χ1v) is 5.48. The van der Waals surface area contributed by atoms with Crippen molar-refractivity contribution in [2.75, 3.05) is 7.11 Å². The number of nitrogens with zero attached hydrogens (tertiary/aromatic N) is 3. The van der Waals surface area contributed by atoms with Crippen molar-refractivity contribution in [2.45, 2.75) is 13.7 Å². The molecular formula is C9H9BrClN3O. The molecular weight excluding hydrogens is 281 g/mol. The van der Waals surface area contributed by atoms with Crippen molar-refractivity contribution < 1.29 is 4.74 Å². The van der Waals surface area contributed by atoms with Gasteiger partial charge in [-0.1, -0.05) is 11.6 Å². The maximum Gasteiger partial charge on any atom is 0.163 e. The predicted octanol–water partition coefficient (Wildman–Crippen LogP) is 2.76. The fraction of sp³-hybridized carbons (Fsp3) is 0.333. The number of aromatic nitrogens is 3. The number of imidazole rings is 1. The van der Waals surface area contributed by atoms with Crippen molar-refractivity contribution in [2.24, 2.45) is 0 Å². The lowest BCUT2D eigenvalue weighted by molar-refractivity contribution is 0.132. The number of aryl methyl sites for hydroxylation is 1. The molecule has 0 unspecified atom stereocenters. The Morgan fingerprint density at radius 2 is 2.33 bits per heavy atom. The van der Waals surface area contributed by atoms with Gasteiger partial charge in [0, 0.05) is 13.3 Å². The van der Waals surface area contributed by atoms with E-state index in [1.165, 1.54) is 0 Å². The molecule has 0 saturated heterocycles. The Kier molecular flexibility index (Phi) is 2.95. The first kappa shape index (κ1) is 10.9. The first-order chi connectivity index (χ1) is 7.15. The summed E-state index contributed by atoms with van der Waals surface area (Å²) >= 11 is 9.42. The minimum absolute atomic E-state index is 0.424. The minimum Gasteiger partial charge on any atom is -0.364 e. The van der Waals surface area contributed by atoms with Crippen molar-refractivity contribution in [1.29, 1.82) is 0 Å². The normalized spacial score (nSPS) is 11.2. The zero-order chi connectivity index (χ0) is 11.0. The Labute approximate surface area is 100 Å². The fourth-order valence-electron chi connectivity index (χ4n) is 1.40. The van der Waals surface area contributed by atoms with E-state index in [9.17, 15) is 0 Å². The molecule has 0 radical (unpaired) electrons. The smallest absolute Gasteiger partial charge is 0.163 e. The van der Waals surface area contributed by atoms with Crippen LogP contribution in [0.1, 0.15) is 5.82 Å². The van der Waals surface area contributed by atoms with Crippen LogP contribution in [0.4, 0.5) is 0 Å². The van der Waals surface area contributed by atoms with Crippen LogP contribution in [0, 0.1) is 6.92 Å². The highest BCUT2D eigenvalue weighted by atomic mass is 79.9. The standard InChI is InChI=1S/C9H9BrClN3O/c1-5-13-8-7(11)6(10)3-12-9(8)14(5)4-15-2/h3H,4H2,1-2H3. The fourth-order valence-corrected chi connectivity index (χ4v) is 1.87. The minimum atomic E-state index is 0.424. The largest absolute Gasteiger partial charge is 0.364 e. The number of ether oxygens (including phenoxy) is 1. The number of rotatable bonds is 2. The molecule has 0 aliphatic rings. The molecule has 0 atom stereocenters. The predicted molar refractivity (Wildman–Crippen MR) is 62.0 cm³/mol. The molecule has 0 aromatic carbocycles. The number of fused-ring (bicyclic) bond motifs is 1. The van der Waals surface area contributed by atoms with Crippen molar-refractivity contribution in [3.8, 4) is 0 Å². The molecule has 0 N–H and O–H groups in total.